The van der Waals surface area contributed by atoms with Crippen molar-refractivity contribution >= 4 is 0 Å². The predicted octanol–water partition coefficient (Wildman–Crippen LogP) is 1.13. The van der Waals surface area contributed by atoms with E-state index in [2.05, 4.69) is 4.90 Å². The molecule has 0 saturated heterocycles. The lowest BCUT2D eigenvalue weighted by molar-refractivity contribution is -0.230. The van der Waals surface area contributed by atoms with Gasteiger partial charge in [-0.15, -0.1) is 0 Å². The van der Waals surface area contributed by atoms with E-state index >= 15 is 0 Å². The minimum atomic E-state index is -0.0902. The molecule has 3 unspecified atom stereocenters. The molecule has 0 radical (unpaired) electrons. The minimum absolute atomic E-state index is 0.0171. The molecule has 0 saturated carbocycles. The number of hydrogen-bond donors (Lipinski definition) is 0. The zero-order chi connectivity index (χ0) is 14.1. The van der Waals surface area contributed by atoms with Gasteiger partial charge in [0, 0.05) is 34.4 Å². The molecule has 0 heterocycles. The smallest absolute Gasteiger partial charge is 0.129 e. The van der Waals surface area contributed by atoms with Gasteiger partial charge in [-0.2, -0.15) is 5.06 Å². The summed E-state index contributed by atoms with van der Waals surface area (Å²) in [6, 6.07) is 0. The van der Waals surface area contributed by atoms with Gasteiger partial charge in [0.1, 0.15) is 18.7 Å². The third kappa shape index (κ3) is 5.60. The van der Waals surface area contributed by atoms with Crippen LogP contribution in [0, 0.1) is 0 Å². The normalized spacial score (nSPS) is 17.2. The molecular formula is C12H28N2O4. The standard InChI is InChI=1S/C12H28N2O4/c1-10(15-4)13(11(2)16-5)8-9-14(18-7)12(3)17-6/h10-12H,8-9H2,1-7H3. The molecule has 0 amide bonds. The van der Waals surface area contributed by atoms with Gasteiger partial charge in [0.05, 0.1) is 7.11 Å². The Morgan fingerprint density at radius 1 is 0.722 bits per heavy atom. The van der Waals surface area contributed by atoms with Gasteiger partial charge in [-0.1, -0.05) is 0 Å². The van der Waals surface area contributed by atoms with Crippen LogP contribution in [0.2, 0.25) is 0 Å². The third-order valence-electron chi connectivity index (χ3n) is 3.18. The fourth-order valence-corrected chi connectivity index (χ4v) is 1.68. The number of nitrogens with zero attached hydrogens (tertiary/aromatic N) is 2. The van der Waals surface area contributed by atoms with E-state index in [-0.39, 0.29) is 18.7 Å². The molecule has 0 aliphatic heterocycles. The van der Waals surface area contributed by atoms with Crippen LogP contribution >= 0.6 is 0 Å². The lowest BCUT2D eigenvalue weighted by Gasteiger charge is -2.34. The quantitative estimate of drug-likeness (QED) is 0.435. The van der Waals surface area contributed by atoms with Gasteiger partial charge in [-0.3, -0.25) is 9.74 Å². The highest BCUT2D eigenvalue weighted by atomic mass is 16.7. The van der Waals surface area contributed by atoms with Crippen molar-refractivity contribution in [1.29, 1.82) is 0 Å². The maximum Gasteiger partial charge on any atom is 0.129 e. The van der Waals surface area contributed by atoms with E-state index < -0.39 is 0 Å². The largest absolute Gasteiger partial charge is 0.367 e. The molecule has 0 bridgehead atoms. The fraction of sp³-hybridized carbons (Fsp3) is 1.00. The van der Waals surface area contributed by atoms with Crippen molar-refractivity contribution in [2.75, 3.05) is 41.5 Å². The Bertz CT molecular complexity index is 197. The maximum atomic E-state index is 5.34. The number of methoxy groups -OCH3 is 3. The summed E-state index contributed by atoms with van der Waals surface area (Å²) >= 11 is 0. The van der Waals surface area contributed by atoms with Crippen LogP contribution in [0.25, 0.3) is 0 Å². The zero-order valence-corrected chi connectivity index (χ0v) is 12.7. The average molecular weight is 264 g/mol. The minimum Gasteiger partial charge on any atom is -0.367 e. The fourth-order valence-electron chi connectivity index (χ4n) is 1.68. The number of ether oxygens (including phenoxy) is 3. The first kappa shape index (κ1) is 17.8. The van der Waals surface area contributed by atoms with Crippen molar-refractivity contribution in [1.82, 2.24) is 9.96 Å². The number of rotatable bonds is 10. The summed E-state index contributed by atoms with van der Waals surface area (Å²) in [4.78, 5) is 7.39. The monoisotopic (exact) mass is 264 g/mol. The Morgan fingerprint density at radius 3 is 1.50 bits per heavy atom. The molecule has 6 nitrogen and oxygen atoms in total. The molecule has 0 spiro atoms. The van der Waals surface area contributed by atoms with Gasteiger partial charge in [-0.25, -0.2) is 0 Å². The average Bonchev–Trinajstić information content (AvgIpc) is 2.41. The van der Waals surface area contributed by atoms with Crippen LogP contribution in [0.4, 0.5) is 0 Å². The molecule has 0 aromatic rings. The van der Waals surface area contributed by atoms with E-state index in [1.54, 1.807) is 33.5 Å². The van der Waals surface area contributed by atoms with Crippen molar-refractivity contribution in [3.8, 4) is 0 Å². The van der Waals surface area contributed by atoms with Gasteiger partial charge in [-0.05, 0) is 20.8 Å². The first-order chi connectivity index (χ1) is 8.51. The summed E-state index contributed by atoms with van der Waals surface area (Å²) in [6.45, 7) is 7.38. The van der Waals surface area contributed by atoms with E-state index in [1.807, 2.05) is 20.8 Å². The van der Waals surface area contributed by atoms with Crippen LogP contribution in [0.3, 0.4) is 0 Å². The molecule has 0 rings (SSSR count). The van der Waals surface area contributed by atoms with E-state index in [9.17, 15) is 0 Å². The lowest BCUT2D eigenvalue weighted by atomic mass is 10.4. The second kappa shape index (κ2) is 9.66. The molecule has 0 aromatic heterocycles. The number of hydroxylamine groups is 2. The first-order valence-electron chi connectivity index (χ1n) is 6.16. The summed E-state index contributed by atoms with van der Waals surface area (Å²) in [5, 5.41) is 1.78. The molecule has 0 fully saturated rings. The topological polar surface area (TPSA) is 43.4 Å². The summed E-state index contributed by atoms with van der Waals surface area (Å²) in [6.07, 6.45) is -0.124. The van der Waals surface area contributed by atoms with Gasteiger partial charge in [0.2, 0.25) is 0 Å². The predicted molar refractivity (Wildman–Crippen MR) is 69.8 cm³/mol. The molecule has 6 heteroatoms. The molecule has 0 aliphatic rings. The second-order valence-corrected chi connectivity index (χ2v) is 4.07. The van der Waals surface area contributed by atoms with Gasteiger partial charge >= 0.3 is 0 Å². The van der Waals surface area contributed by atoms with E-state index in [1.165, 1.54) is 0 Å². The first-order valence-corrected chi connectivity index (χ1v) is 6.16. The SMILES string of the molecule is COC(C)N(CCN(C(C)OC)C(C)OC)OC. The molecule has 110 valence electrons. The van der Waals surface area contributed by atoms with Gasteiger partial charge in [0.25, 0.3) is 0 Å². The van der Waals surface area contributed by atoms with Crippen LogP contribution < -0.4 is 0 Å². The van der Waals surface area contributed by atoms with Crippen LogP contribution in [-0.2, 0) is 19.0 Å². The Balaban J connectivity index is 4.40. The maximum absolute atomic E-state index is 5.34. The van der Waals surface area contributed by atoms with Crippen molar-refractivity contribution in [3.63, 3.8) is 0 Å². The molecule has 0 aromatic carbocycles. The Hall–Kier alpha value is -0.240. The van der Waals surface area contributed by atoms with Crippen molar-refractivity contribution in [3.05, 3.63) is 0 Å². The van der Waals surface area contributed by atoms with Crippen LogP contribution in [0.15, 0.2) is 0 Å². The zero-order valence-electron chi connectivity index (χ0n) is 12.7. The summed E-state index contributed by atoms with van der Waals surface area (Å²) < 4.78 is 15.9. The highest BCUT2D eigenvalue weighted by Gasteiger charge is 2.21. The van der Waals surface area contributed by atoms with E-state index in [0.717, 1.165) is 6.54 Å². The lowest BCUT2D eigenvalue weighted by Crippen LogP contribution is -2.47. The Labute approximate surface area is 111 Å². The molecular weight excluding hydrogens is 236 g/mol. The summed E-state index contributed by atoms with van der Waals surface area (Å²) in [5.41, 5.74) is 0. The Kier molecular flexibility index (Phi) is 9.53. The van der Waals surface area contributed by atoms with Crippen LogP contribution in [0.5, 0.6) is 0 Å². The van der Waals surface area contributed by atoms with Crippen molar-refractivity contribution < 1.29 is 19.0 Å². The molecule has 18 heavy (non-hydrogen) atoms. The molecule has 3 atom stereocenters. The van der Waals surface area contributed by atoms with Gasteiger partial charge < -0.3 is 14.2 Å². The van der Waals surface area contributed by atoms with Crippen LogP contribution in [-0.4, -0.2) is 70.2 Å². The highest BCUT2D eigenvalue weighted by molar-refractivity contribution is 4.63. The van der Waals surface area contributed by atoms with Gasteiger partial charge in [0.15, 0.2) is 0 Å². The van der Waals surface area contributed by atoms with Crippen LogP contribution in [0.1, 0.15) is 20.8 Å². The van der Waals surface area contributed by atoms with E-state index in [0.29, 0.717) is 6.54 Å². The second-order valence-electron chi connectivity index (χ2n) is 4.07. The van der Waals surface area contributed by atoms with Crippen molar-refractivity contribution in [2.45, 2.75) is 39.5 Å². The third-order valence-corrected chi connectivity index (χ3v) is 3.18. The Morgan fingerprint density at radius 2 is 1.17 bits per heavy atom. The highest BCUT2D eigenvalue weighted by Crippen LogP contribution is 2.08. The van der Waals surface area contributed by atoms with E-state index in [4.69, 9.17) is 19.0 Å². The number of hydrogen-bond acceptors (Lipinski definition) is 6. The molecule has 0 N–H and O–H groups in total. The summed E-state index contributed by atoms with van der Waals surface area (Å²) in [7, 11) is 6.67. The van der Waals surface area contributed by atoms with Crippen molar-refractivity contribution in [2.24, 2.45) is 0 Å². The molecule has 0 aliphatic carbocycles. The summed E-state index contributed by atoms with van der Waals surface area (Å²) in [5.74, 6) is 0.